The molecule has 1 heterocycles. The quantitative estimate of drug-likeness (QED) is 0.931. The average molecular weight is 338 g/mol. The SMILES string of the molecule is C[C@@H](NC(=O)c1ccc(-c2ccccc2)cc1)C(=O)N1CCOCC1. The molecular weight excluding hydrogens is 316 g/mol. The predicted octanol–water partition coefficient (Wildman–Crippen LogP) is 2.33. The Morgan fingerprint density at radius 3 is 2.20 bits per heavy atom. The Morgan fingerprint density at radius 1 is 0.960 bits per heavy atom. The lowest BCUT2D eigenvalue weighted by Gasteiger charge is -2.29. The van der Waals surface area contributed by atoms with Gasteiger partial charge < -0.3 is 15.0 Å². The lowest BCUT2D eigenvalue weighted by molar-refractivity contribution is -0.136. The molecule has 1 aliphatic heterocycles. The third-order valence-electron chi connectivity index (χ3n) is 4.29. The van der Waals surface area contributed by atoms with E-state index in [9.17, 15) is 9.59 Å². The molecule has 1 atom stereocenters. The third kappa shape index (κ3) is 4.25. The summed E-state index contributed by atoms with van der Waals surface area (Å²) in [6, 6.07) is 16.8. The van der Waals surface area contributed by atoms with Crippen molar-refractivity contribution >= 4 is 11.8 Å². The number of rotatable bonds is 4. The molecule has 25 heavy (non-hydrogen) atoms. The number of carbonyl (C=O) groups is 2. The van der Waals surface area contributed by atoms with Crippen LogP contribution >= 0.6 is 0 Å². The molecule has 0 radical (unpaired) electrons. The largest absolute Gasteiger partial charge is 0.378 e. The number of ether oxygens (including phenoxy) is 1. The molecule has 3 rings (SSSR count). The van der Waals surface area contributed by atoms with Crippen LogP contribution in [0.1, 0.15) is 17.3 Å². The van der Waals surface area contributed by atoms with Crippen molar-refractivity contribution in [2.75, 3.05) is 26.3 Å². The summed E-state index contributed by atoms with van der Waals surface area (Å²) in [6.45, 7) is 3.96. The molecule has 0 saturated carbocycles. The topological polar surface area (TPSA) is 58.6 Å². The Kier molecular flexibility index (Phi) is 5.46. The van der Waals surface area contributed by atoms with Crippen LogP contribution in [0.25, 0.3) is 11.1 Å². The molecule has 1 aliphatic rings. The number of nitrogens with zero attached hydrogens (tertiary/aromatic N) is 1. The summed E-state index contributed by atoms with van der Waals surface area (Å²) in [7, 11) is 0. The van der Waals surface area contributed by atoms with Crippen LogP contribution in [0.2, 0.25) is 0 Å². The van der Waals surface area contributed by atoms with Gasteiger partial charge in [-0.2, -0.15) is 0 Å². The number of nitrogens with one attached hydrogen (secondary N) is 1. The Morgan fingerprint density at radius 2 is 1.56 bits per heavy atom. The molecule has 1 fully saturated rings. The van der Waals surface area contributed by atoms with Crippen molar-refractivity contribution in [2.45, 2.75) is 13.0 Å². The minimum absolute atomic E-state index is 0.0717. The van der Waals surface area contributed by atoms with Crippen LogP contribution in [-0.4, -0.2) is 49.1 Å². The highest BCUT2D eigenvalue weighted by Crippen LogP contribution is 2.19. The number of amides is 2. The first kappa shape index (κ1) is 17.2. The van der Waals surface area contributed by atoms with Crippen molar-refractivity contribution in [3.05, 3.63) is 60.2 Å². The molecule has 1 N–H and O–H groups in total. The summed E-state index contributed by atoms with van der Waals surface area (Å²) in [5.41, 5.74) is 2.70. The van der Waals surface area contributed by atoms with Crippen LogP contribution < -0.4 is 5.32 Å². The van der Waals surface area contributed by atoms with Crippen LogP contribution in [0.5, 0.6) is 0 Å². The molecule has 1 saturated heterocycles. The predicted molar refractivity (Wildman–Crippen MR) is 96.2 cm³/mol. The third-order valence-corrected chi connectivity index (χ3v) is 4.29. The van der Waals surface area contributed by atoms with Gasteiger partial charge in [-0.3, -0.25) is 9.59 Å². The zero-order chi connectivity index (χ0) is 17.6. The molecule has 0 aromatic heterocycles. The van der Waals surface area contributed by atoms with E-state index in [2.05, 4.69) is 5.32 Å². The van der Waals surface area contributed by atoms with Crippen LogP contribution in [0.4, 0.5) is 0 Å². The van der Waals surface area contributed by atoms with E-state index in [4.69, 9.17) is 4.74 Å². The van der Waals surface area contributed by atoms with Crippen LogP contribution in [0.3, 0.4) is 0 Å². The lowest BCUT2D eigenvalue weighted by Crippen LogP contribution is -2.50. The normalized spacial score (nSPS) is 15.5. The fourth-order valence-electron chi connectivity index (χ4n) is 2.84. The van der Waals surface area contributed by atoms with Gasteiger partial charge in [-0.05, 0) is 30.2 Å². The molecule has 2 aromatic rings. The number of carbonyl (C=O) groups excluding carboxylic acids is 2. The second kappa shape index (κ2) is 7.94. The van der Waals surface area contributed by atoms with E-state index >= 15 is 0 Å². The van der Waals surface area contributed by atoms with Crippen molar-refractivity contribution in [2.24, 2.45) is 0 Å². The van der Waals surface area contributed by atoms with Crippen molar-refractivity contribution in [1.82, 2.24) is 10.2 Å². The van der Waals surface area contributed by atoms with Gasteiger partial charge in [0.25, 0.3) is 5.91 Å². The molecule has 0 aliphatic carbocycles. The van der Waals surface area contributed by atoms with E-state index in [0.29, 0.717) is 31.9 Å². The maximum absolute atomic E-state index is 12.4. The van der Waals surface area contributed by atoms with Crippen molar-refractivity contribution in [3.63, 3.8) is 0 Å². The fourth-order valence-corrected chi connectivity index (χ4v) is 2.84. The van der Waals surface area contributed by atoms with E-state index in [1.165, 1.54) is 0 Å². The van der Waals surface area contributed by atoms with Gasteiger partial charge in [0.1, 0.15) is 6.04 Å². The zero-order valence-corrected chi connectivity index (χ0v) is 14.3. The van der Waals surface area contributed by atoms with Gasteiger partial charge in [-0.1, -0.05) is 42.5 Å². The van der Waals surface area contributed by atoms with E-state index < -0.39 is 6.04 Å². The smallest absolute Gasteiger partial charge is 0.251 e. The minimum atomic E-state index is -0.556. The number of morpholine rings is 1. The Balaban J connectivity index is 1.61. The summed E-state index contributed by atoms with van der Waals surface area (Å²) in [5, 5.41) is 2.78. The van der Waals surface area contributed by atoms with Gasteiger partial charge in [0.15, 0.2) is 0 Å². The summed E-state index contributed by atoms with van der Waals surface area (Å²) < 4.78 is 5.25. The van der Waals surface area contributed by atoms with Gasteiger partial charge in [0.05, 0.1) is 13.2 Å². The molecule has 130 valence electrons. The Bertz CT molecular complexity index is 722. The Labute approximate surface area is 147 Å². The second-order valence-corrected chi connectivity index (χ2v) is 6.08. The number of hydrogen-bond donors (Lipinski definition) is 1. The first-order valence-electron chi connectivity index (χ1n) is 8.48. The molecule has 2 aromatic carbocycles. The standard InChI is InChI=1S/C20H22N2O3/c1-15(20(24)22-11-13-25-14-12-22)21-19(23)18-9-7-17(8-10-18)16-5-3-2-4-6-16/h2-10,15H,11-14H2,1H3,(H,21,23)/t15-/m1/s1. The monoisotopic (exact) mass is 338 g/mol. The molecule has 0 bridgehead atoms. The highest BCUT2D eigenvalue weighted by atomic mass is 16.5. The molecule has 2 amide bonds. The highest BCUT2D eigenvalue weighted by molar-refractivity contribution is 5.97. The summed E-state index contributed by atoms with van der Waals surface area (Å²) in [6.07, 6.45) is 0. The van der Waals surface area contributed by atoms with Crippen LogP contribution in [0, 0.1) is 0 Å². The summed E-state index contributed by atoms with van der Waals surface area (Å²) in [5.74, 6) is -0.314. The van der Waals surface area contributed by atoms with Crippen LogP contribution in [-0.2, 0) is 9.53 Å². The van der Waals surface area contributed by atoms with Crippen LogP contribution in [0.15, 0.2) is 54.6 Å². The van der Waals surface area contributed by atoms with Gasteiger partial charge in [0.2, 0.25) is 5.91 Å². The van der Waals surface area contributed by atoms with Gasteiger partial charge in [-0.25, -0.2) is 0 Å². The average Bonchev–Trinajstić information content (AvgIpc) is 2.68. The minimum Gasteiger partial charge on any atom is -0.378 e. The first-order chi connectivity index (χ1) is 12.1. The fraction of sp³-hybridized carbons (Fsp3) is 0.300. The van der Waals surface area contributed by atoms with E-state index in [0.717, 1.165) is 11.1 Å². The molecule has 0 unspecified atom stereocenters. The molecule has 5 nitrogen and oxygen atoms in total. The Hall–Kier alpha value is -2.66. The van der Waals surface area contributed by atoms with Crippen molar-refractivity contribution < 1.29 is 14.3 Å². The van der Waals surface area contributed by atoms with E-state index in [1.807, 2.05) is 42.5 Å². The van der Waals surface area contributed by atoms with E-state index in [1.54, 1.807) is 24.0 Å². The number of benzene rings is 2. The first-order valence-corrected chi connectivity index (χ1v) is 8.48. The zero-order valence-electron chi connectivity index (χ0n) is 14.3. The summed E-state index contributed by atoms with van der Waals surface area (Å²) in [4.78, 5) is 26.5. The summed E-state index contributed by atoms with van der Waals surface area (Å²) >= 11 is 0. The maximum Gasteiger partial charge on any atom is 0.251 e. The number of hydrogen-bond acceptors (Lipinski definition) is 3. The second-order valence-electron chi connectivity index (χ2n) is 6.08. The molecule has 5 heteroatoms. The van der Waals surface area contributed by atoms with Gasteiger partial charge >= 0.3 is 0 Å². The highest BCUT2D eigenvalue weighted by Gasteiger charge is 2.23. The van der Waals surface area contributed by atoms with Crippen molar-refractivity contribution in [1.29, 1.82) is 0 Å². The van der Waals surface area contributed by atoms with E-state index in [-0.39, 0.29) is 11.8 Å². The lowest BCUT2D eigenvalue weighted by atomic mass is 10.0. The maximum atomic E-state index is 12.4. The van der Waals surface area contributed by atoms with Gasteiger partial charge in [-0.15, -0.1) is 0 Å². The molecule has 0 spiro atoms. The van der Waals surface area contributed by atoms with Gasteiger partial charge in [0, 0.05) is 18.7 Å². The molecular formula is C20H22N2O3. The van der Waals surface area contributed by atoms with Crippen molar-refractivity contribution in [3.8, 4) is 11.1 Å².